The SMILES string of the molecule is CCCNCC(CCC)Oc1cc(Br)cc(F)c1F. The molecule has 0 fully saturated rings. The molecule has 0 amide bonds. The van der Waals surface area contributed by atoms with Crippen LogP contribution >= 0.6 is 15.9 Å². The lowest BCUT2D eigenvalue weighted by atomic mass is 10.2. The molecule has 0 heterocycles. The zero-order chi connectivity index (χ0) is 14.3. The summed E-state index contributed by atoms with van der Waals surface area (Å²) < 4.78 is 33.0. The molecule has 19 heavy (non-hydrogen) atoms. The van der Waals surface area contributed by atoms with Gasteiger partial charge in [-0.1, -0.05) is 36.2 Å². The van der Waals surface area contributed by atoms with Crippen molar-refractivity contribution in [1.29, 1.82) is 0 Å². The molecule has 1 rings (SSSR count). The normalized spacial score (nSPS) is 12.5. The van der Waals surface area contributed by atoms with E-state index in [0.29, 0.717) is 11.0 Å². The quantitative estimate of drug-likeness (QED) is 0.565. The van der Waals surface area contributed by atoms with E-state index in [2.05, 4.69) is 28.2 Å². The zero-order valence-corrected chi connectivity index (χ0v) is 12.9. The van der Waals surface area contributed by atoms with Crippen LogP contribution in [0, 0.1) is 11.6 Å². The summed E-state index contributed by atoms with van der Waals surface area (Å²) in [5.41, 5.74) is 0. The van der Waals surface area contributed by atoms with Crippen molar-refractivity contribution in [3.8, 4) is 5.75 Å². The van der Waals surface area contributed by atoms with Crippen LogP contribution in [-0.4, -0.2) is 19.2 Å². The van der Waals surface area contributed by atoms with E-state index in [4.69, 9.17) is 4.74 Å². The summed E-state index contributed by atoms with van der Waals surface area (Å²) in [4.78, 5) is 0. The monoisotopic (exact) mass is 335 g/mol. The highest BCUT2D eigenvalue weighted by Gasteiger charge is 2.16. The van der Waals surface area contributed by atoms with Gasteiger partial charge in [-0.25, -0.2) is 4.39 Å². The summed E-state index contributed by atoms with van der Waals surface area (Å²) in [6.07, 6.45) is 2.60. The molecule has 0 aliphatic heterocycles. The van der Waals surface area contributed by atoms with Crippen molar-refractivity contribution in [1.82, 2.24) is 5.32 Å². The summed E-state index contributed by atoms with van der Waals surface area (Å²) >= 11 is 3.14. The van der Waals surface area contributed by atoms with Crippen LogP contribution in [0.15, 0.2) is 16.6 Å². The van der Waals surface area contributed by atoms with Gasteiger partial charge in [0.15, 0.2) is 11.6 Å². The molecule has 0 spiro atoms. The van der Waals surface area contributed by atoms with Crippen molar-refractivity contribution >= 4 is 15.9 Å². The number of nitrogens with one attached hydrogen (secondary N) is 1. The van der Waals surface area contributed by atoms with Crippen LogP contribution in [0.2, 0.25) is 0 Å². The van der Waals surface area contributed by atoms with E-state index in [1.807, 2.05) is 6.92 Å². The number of rotatable bonds is 8. The van der Waals surface area contributed by atoms with Gasteiger partial charge in [0.25, 0.3) is 0 Å². The Morgan fingerprint density at radius 2 is 2.00 bits per heavy atom. The van der Waals surface area contributed by atoms with E-state index in [9.17, 15) is 8.78 Å². The highest BCUT2D eigenvalue weighted by molar-refractivity contribution is 9.10. The maximum absolute atomic E-state index is 13.6. The fraction of sp³-hybridized carbons (Fsp3) is 0.571. The van der Waals surface area contributed by atoms with Gasteiger partial charge >= 0.3 is 0 Å². The number of hydrogen-bond donors (Lipinski definition) is 1. The summed E-state index contributed by atoms with van der Waals surface area (Å²) in [7, 11) is 0. The van der Waals surface area contributed by atoms with Gasteiger partial charge in [0, 0.05) is 11.0 Å². The highest BCUT2D eigenvalue weighted by atomic mass is 79.9. The molecular weight excluding hydrogens is 316 g/mol. The standard InChI is InChI=1S/C14H20BrF2NO/c1-3-5-11(9-18-6-4-2)19-13-8-10(15)7-12(16)14(13)17/h7-8,11,18H,3-6,9H2,1-2H3. The van der Waals surface area contributed by atoms with Gasteiger partial charge in [-0.05, 0) is 31.5 Å². The number of ether oxygens (including phenoxy) is 1. The molecule has 0 bridgehead atoms. The van der Waals surface area contributed by atoms with Gasteiger partial charge in [-0.15, -0.1) is 0 Å². The molecule has 0 aliphatic carbocycles. The molecule has 1 aromatic rings. The van der Waals surface area contributed by atoms with Crippen LogP contribution in [0.25, 0.3) is 0 Å². The molecule has 5 heteroatoms. The van der Waals surface area contributed by atoms with Crippen LogP contribution < -0.4 is 10.1 Å². The summed E-state index contributed by atoms with van der Waals surface area (Å²) in [5.74, 6) is -1.87. The third-order valence-electron chi connectivity index (χ3n) is 2.66. The Bertz CT molecular complexity index is 401. The van der Waals surface area contributed by atoms with E-state index in [1.165, 1.54) is 6.07 Å². The van der Waals surface area contributed by atoms with Crippen LogP contribution in [0.5, 0.6) is 5.75 Å². The Morgan fingerprint density at radius 3 is 2.63 bits per heavy atom. The predicted octanol–water partition coefficient (Wildman–Crippen LogP) is 4.27. The molecule has 1 N–H and O–H groups in total. The number of hydrogen-bond acceptors (Lipinski definition) is 2. The highest BCUT2D eigenvalue weighted by Crippen LogP contribution is 2.26. The van der Waals surface area contributed by atoms with Gasteiger partial charge in [-0.3, -0.25) is 0 Å². The maximum Gasteiger partial charge on any atom is 0.200 e. The molecule has 0 saturated heterocycles. The van der Waals surface area contributed by atoms with Crippen LogP contribution in [0.4, 0.5) is 8.78 Å². The van der Waals surface area contributed by atoms with Crippen molar-refractivity contribution in [3.63, 3.8) is 0 Å². The first kappa shape index (κ1) is 16.4. The summed E-state index contributed by atoms with van der Waals surface area (Å²) in [6.45, 7) is 5.63. The largest absolute Gasteiger partial charge is 0.486 e. The third kappa shape index (κ3) is 5.45. The minimum Gasteiger partial charge on any atom is -0.486 e. The maximum atomic E-state index is 13.6. The minimum absolute atomic E-state index is 0.0383. The first-order chi connectivity index (χ1) is 9.08. The Morgan fingerprint density at radius 1 is 1.26 bits per heavy atom. The van der Waals surface area contributed by atoms with Crippen LogP contribution in [0.1, 0.15) is 33.1 Å². The Kier molecular flexibility index (Phi) is 7.31. The molecule has 0 saturated carbocycles. The lowest BCUT2D eigenvalue weighted by Crippen LogP contribution is -2.32. The second kappa shape index (κ2) is 8.48. The Balaban J connectivity index is 2.72. The van der Waals surface area contributed by atoms with E-state index < -0.39 is 11.6 Å². The molecule has 0 aromatic heterocycles. The van der Waals surface area contributed by atoms with Gasteiger partial charge in [0.1, 0.15) is 6.10 Å². The third-order valence-corrected chi connectivity index (χ3v) is 3.12. The van der Waals surface area contributed by atoms with Gasteiger partial charge in [0.05, 0.1) is 0 Å². The Hall–Kier alpha value is -0.680. The predicted molar refractivity (Wildman–Crippen MR) is 76.5 cm³/mol. The molecule has 1 unspecified atom stereocenters. The molecule has 0 radical (unpaired) electrons. The van der Waals surface area contributed by atoms with Crippen LogP contribution in [0.3, 0.4) is 0 Å². The van der Waals surface area contributed by atoms with Crippen molar-refractivity contribution in [3.05, 3.63) is 28.2 Å². The van der Waals surface area contributed by atoms with Gasteiger partial charge in [0.2, 0.25) is 5.82 Å². The molecule has 0 aliphatic rings. The van der Waals surface area contributed by atoms with Crippen LogP contribution in [-0.2, 0) is 0 Å². The second-order valence-electron chi connectivity index (χ2n) is 4.43. The number of benzene rings is 1. The molecule has 1 atom stereocenters. The van der Waals surface area contributed by atoms with Crippen molar-refractivity contribution in [2.24, 2.45) is 0 Å². The average Bonchev–Trinajstić information content (AvgIpc) is 2.35. The fourth-order valence-electron chi connectivity index (χ4n) is 1.76. The molecule has 2 nitrogen and oxygen atoms in total. The minimum atomic E-state index is -0.931. The van der Waals surface area contributed by atoms with Crippen molar-refractivity contribution < 1.29 is 13.5 Å². The first-order valence-electron chi connectivity index (χ1n) is 6.60. The second-order valence-corrected chi connectivity index (χ2v) is 5.35. The zero-order valence-electron chi connectivity index (χ0n) is 11.3. The topological polar surface area (TPSA) is 21.3 Å². The van der Waals surface area contributed by atoms with E-state index in [-0.39, 0.29) is 11.9 Å². The van der Waals surface area contributed by atoms with Crippen molar-refractivity contribution in [2.75, 3.05) is 13.1 Å². The lowest BCUT2D eigenvalue weighted by molar-refractivity contribution is 0.177. The van der Waals surface area contributed by atoms with Gasteiger partial charge in [-0.2, -0.15) is 4.39 Å². The summed E-state index contributed by atoms with van der Waals surface area (Å²) in [6, 6.07) is 2.55. The first-order valence-corrected chi connectivity index (χ1v) is 7.39. The average molecular weight is 336 g/mol. The van der Waals surface area contributed by atoms with E-state index in [0.717, 1.165) is 31.9 Å². The Labute approximate surface area is 121 Å². The molecule has 108 valence electrons. The van der Waals surface area contributed by atoms with E-state index in [1.54, 1.807) is 0 Å². The van der Waals surface area contributed by atoms with E-state index >= 15 is 0 Å². The number of halogens is 3. The van der Waals surface area contributed by atoms with Crippen molar-refractivity contribution in [2.45, 2.75) is 39.2 Å². The van der Waals surface area contributed by atoms with Gasteiger partial charge < -0.3 is 10.1 Å². The smallest absolute Gasteiger partial charge is 0.200 e. The molecule has 1 aromatic carbocycles. The fourth-order valence-corrected chi connectivity index (χ4v) is 2.17. The lowest BCUT2D eigenvalue weighted by Gasteiger charge is -2.20. The summed E-state index contributed by atoms with van der Waals surface area (Å²) in [5, 5.41) is 3.24. The molecular formula is C14H20BrF2NO.